The van der Waals surface area contributed by atoms with Crippen LogP contribution in [0.3, 0.4) is 0 Å². The average molecular weight is 561 g/mol. The number of carbonyl (C=O) groups is 2. The van der Waals surface area contributed by atoms with E-state index in [-0.39, 0.29) is 19.9 Å². The summed E-state index contributed by atoms with van der Waals surface area (Å²) in [6.45, 7) is 0.862. The number of benzene rings is 2. The van der Waals surface area contributed by atoms with Crippen LogP contribution in [-0.4, -0.2) is 84.5 Å². The maximum Gasteiger partial charge on any atom is 0.409 e. The summed E-state index contributed by atoms with van der Waals surface area (Å²) in [6.07, 6.45) is 9.19. The van der Waals surface area contributed by atoms with Crippen LogP contribution in [0.1, 0.15) is 17.5 Å². The van der Waals surface area contributed by atoms with Gasteiger partial charge in [0.05, 0.1) is 12.1 Å². The Kier molecular flexibility index (Phi) is 11.3. The van der Waals surface area contributed by atoms with Crippen LogP contribution < -0.4 is 10.6 Å². The van der Waals surface area contributed by atoms with Crippen LogP contribution in [0, 0.1) is 0 Å². The van der Waals surface area contributed by atoms with Gasteiger partial charge >= 0.3 is 12.2 Å². The molecule has 2 aliphatic rings. The molecule has 0 radical (unpaired) electrons. The molecular formula is C30H36N6O5. The highest BCUT2D eigenvalue weighted by Gasteiger charge is 2.27. The standard InChI is InChI=1S/C30H36N6O5/c37-28(27(18-25-11-5-2-6-12-25)34-30(39)41-23-36-16-8-14-32-21-36)19-26(17-24-9-3-1-4-10-24)33-29(38)40-22-35-15-7-13-31-20-35/h1-16,26-28,37H,17-23H2,(H,33,38)(H,34,39)/t26-,27-,28-/m0/s1. The first-order valence-electron chi connectivity index (χ1n) is 13.5. The van der Waals surface area contributed by atoms with E-state index in [9.17, 15) is 14.7 Å². The van der Waals surface area contributed by atoms with Crippen molar-refractivity contribution in [2.75, 3.05) is 26.8 Å². The fourth-order valence-corrected chi connectivity index (χ4v) is 4.39. The van der Waals surface area contributed by atoms with Gasteiger partial charge in [0, 0.05) is 30.9 Å². The van der Waals surface area contributed by atoms with Crippen molar-refractivity contribution < 1.29 is 24.2 Å². The predicted octanol–water partition coefficient (Wildman–Crippen LogP) is 3.04. The van der Waals surface area contributed by atoms with Gasteiger partial charge in [0.1, 0.15) is 13.3 Å². The second-order valence-corrected chi connectivity index (χ2v) is 9.70. The second-order valence-electron chi connectivity index (χ2n) is 9.70. The molecule has 11 heteroatoms. The third kappa shape index (κ3) is 10.5. The van der Waals surface area contributed by atoms with Gasteiger partial charge < -0.3 is 35.0 Å². The molecule has 0 saturated carbocycles. The Bertz CT molecular complexity index is 1220. The smallest absolute Gasteiger partial charge is 0.409 e. The predicted molar refractivity (Wildman–Crippen MR) is 156 cm³/mol. The number of alkyl carbamates (subject to hydrolysis) is 2. The number of ether oxygens (including phenoxy) is 2. The molecule has 3 atom stereocenters. The minimum absolute atomic E-state index is 0.0232. The number of carbonyl (C=O) groups excluding carboxylic acids is 2. The Morgan fingerprint density at radius 3 is 1.80 bits per heavy atom. The molecule has 0 aliphatic carbocycles. The molecule has 2 amide bonds. The highest BCUT2D eigenvalue weighted by Crippen LogP contribution is 2.15. The molecular weight excluding hydrogens is 524 g/mol. The van der Waals surface area contributed by atoms with E-state index in [4.69, 9.17) is 9.47 Å². The molecule has 0 bridgehead atoms. The molecule has 0 saturated heterocycles. The Labute approximate surface area is 239 Å². The van der Waals surface area contributed by atoms with E-state index in [0.717, 1.165) is 11.1 Å². The van der Waals surface area contributed by atoms with E-state index in [2.05, 4.69) is 20.6 Å². The van der Waals surface area contributed by atoms with E-state index in [1.54, 1.807) is 46.8 Å². The number of hydrogen-bond acceptors (Lipinski definition) is 9. The highest BCUT2D eigenvalue weighted by molar-refractivity contribution is 5.72. The van der Waals surface area contributed by atoms with Gasteiger partial charge in [-0.15, -0.1) is 0 Å². The Hall–Kier alpha value is -4.64. The van der Waals surface area contributed by atoms with Crippen LogP contribution in [0.2, 0.25) is 0 Å². The van der Waals surface area contributed by atoms with Crippen LogP contribution in [0.5, 0.6) is 0 Å². The van der Waals surface area contributed by atoms with Crippen LogP contribution in [0.15, 0.2) is 95.2 Å². The van der Waals surface area contributed by atoms with Gasteiger partial charge in [0.2, 0.25) is 0 Å². The number of rotatable bonds is 13. The maximum atomic E-state index is 12.7. The van der Waals surface area contributed by atoms with Crippen molar-refractivity contribution in [2.45, 2.75) is 37.5 Å². The second kappa shape index (κ2) is 15.8. The molecule has 0 unspecified atom stereocenters. The van der Waals surface area contributed by atoms with Crippen LogP contribution >= 0.6 is 0 Å². The van der Waals surface area contributed by atoms with Crippen molar-refractivity contribution in [3.05, 3.63) is 96.3 Å². The third-order valence-electron chi connectivity index (χ3n) is 6.47. The molecule has 0 aromatic heterocycles. The summed E-state index contributed by atoms with van der Waals surface area (Å²) < 4.78 is 10.8. The molecule has 0 spiro atoms. The molecule has 0 fully saturated rings. The SMILES string of the molecule is O=C(N[C@@H](Cc1ccccc1)C[C@H](O)[C@H](Cc1ccccc1)NC(=O)OCN1C=CC=NC1)OCN1C=CC=NC1. The quantitative estimate of drug-likeness (QED) is 0.344. The monoisotopic (exact) mass is 560 g/mol. The number of aliphatic hydroxyl groups is 1. The van der Waals surface area contributed by atoms with E-state index < -0.39 is 30.4 Å². The van der Waals surface area contributed by atoms with Crippen molar-refractivity contribution in [3.63, 3.8) is 0 Å². The van der Waals surface area contributed by atoms with Gasteiger partial charge in [-0.05, 0) is 42.5 Å². The average Bonchev–Trinajstić information content (AvgIpc) is 3.01. The molecule has 11 nitrogen and oxygen atoms in total. The van der Waals surface area contributed by atoms with Gasteiger partial charge in [-0.1, -0.05) is 60.7 Å². The molecule has 2 aromatic carbocycles. The van der Waals surface area contributed by atoms with Crippen molar-refractivity contribution in [1.29, 1.82) is 0 Å². The van der Waals surface area contributed by atoms with Crippen LogP contribution in [0.4, 0.5) is 9.59 Å². The molecule has 2 heterocycles. The number of nitrogens with one attached hydrogen (secondary N) is 2. The first-order valence-corrected chi connectivity index (χ1v) is 13.5. The minimum Gasteiger partial charge on any atom is -0.428 e. The fraction of sp³-hybridized carbons (Fsp3) is 0.333. The van der Waals surface area contributed by atoms with Crippen molar-refractivity contribution in [2.24, 2.45) is 9.98 Å². The zero-order valence-electron chi connectivity index (χ0n) is 22.8. The summed E-state index contributed by atoms with van der Waals surface area (Å²) in [7, 11) is 0. The number of allylic oxidation sites excluding steroid dienone is 2. The topological polar surface area (TPSA) is 128 Å². The van der Waals surface area contributed by atoms with Gasteiger partial charge in [-0.3, -0.25) is 9.98 Å². The van der Waals surface area contributed by atoms with Crippen molar-refractivity contribution in [1.82, 2.24) is 20.4 Å². The highest BCUT2D eigenvalue weighted by atomic mass is 16.6. The normalized spacial score (nSPS) is 16.1. The Balaban J connectivity index is 1.40. The van der Waals surface area contributed by atoms with Gasteiger partial charge in [0.15, 0.2) is 13.5 Å². The lowest BCUT2D eigenvalue weighted by Gasteiger charge is -2.29. The third-order valence-corrected chi connectivity index (χ3v) is 6.47. The van der Waals surface area contributed by atoms with E-state index in [0.29, 0.717) is 26.2 Å². The number of hydrogen-bond donors (Lipinski definition) is 3. The Morgan fingerprint density at radius 1 is 0.780 bits per heavy atom. The zero-order chi connectivity index (χ0) is 28.7. The summed E-state index contributed by atoms with van der Waals surface area (Å²) in [4.78, 5) is 37.2. The van der Waals surface area contributed by atoms with Gasteiger partial charge in [0.25, 0.3) is 0 Å². The number of aliphatic imine (C=N–C) groups is 2. The lowest BCUT2D eigenvalue weighted by Crippen LogP contribution is -2.49. The van der Waals surface area contributed by atoms with E-state index >= 15 is 0 Å². The fourth-order valence-electron chi connectivity index (χ4n) is 4.39. The number of nitrogens with zero attached hydrogens (tertiary/aromatic N) is 4. The molecule has 3 N–H and O–H groups in total. The maximum absolute atomic E-state index is 12.7. The van der Waals surface area contributed by atoms with Gasteiger partial charge in [-0.25, -0.2) is 9.59 Å². The lowest BCUT2D eigenvalue weighted by molar-refractivity contribution is 0.0674. The summed E-state index contributed by atoms with van der Waals surface area (Å²) in [6, 6.07) is 18.1. The molecule has 216 valence electrons. The van der Waals surface area contributed by atoms with Crippen molar-refractivity contribution in [3.8, 4) is 0 Å². The molecule has 2 aliphatic heterocycles. The lowest BCUT2D eigenvalue weighted by atomic mass is 9.94. The Morgan fingerprint density at radius 2 is 1.29 bits per heavy atom. The minimum atomic E-state index is -1.00. The molecule has 4 rings (SSSR count). The summed E-state index contributed by atoms with van der Waals surface area (Å²) in [5.41, 5.74) is 1.93. The van der Waals surface area contributed by atoms with Crippen molar-refractivity contribution >= 4 is 24.6 Å². The van der Waals surface area contributed by atoms with Crippen LogP contribution in [-0.2, 0) is 22.3 Å². The molecule has 41 heavy (non-hydrogen) atoms. The first-order chi connectivity index (χ1) is 20.0. The summed E-state index contributed by atoms with van der Waals surface area (Å²) in [5, 5.41) is 17.1. The largest absolute Gasteiger partial charge is 0.428 e. The summed E-state index contributed by atoms with van der Waals surface area (Å²) in [5.74, 6) is 0. The first kappa shape index (κ1) is 29.3. The van der Waals surface area contributed by atoms with Crippen LogP contribution in [0.25, 0.3) is 0 Å². The summed E-state index contributed by atoms with van der Waals surface area (Å²) >= 11 is 0. The van der Waals surface area contributed by atoms with E-state index in [1.165, 1.54) is 0 Å². The zero-order valence-corrected chi connectivity index (χ0v) is 22.8. The molecule has 2 aromatic rings. The number of amides is 2. The van der Waals surface area contributed by atoms with E-state index in [1.807, 2.05) is 60.7 Å². The van der Waals surface area contributed by atoms with Gasteiger partial charge in [-0.2, -0.15) is 0 Å². The number of aliphatic hydroxyl groups excluding tert-OH is 1.